The summed E-state index contributed by atoms with van der Waals surface area (Å²) in [5.74, 6) is 0. The van der Waals surface area contributed by atoms with Gasteiger partial charge in [0.05, 0.1) is 11.0 Å². The maximum Gasteiger partial charge on any atom is 0.0541 e. The Labute approximate surface area is 239 Å². The minimum atomic E-state index is 1.18. The predicted octanol–water partition coefficient (Wildman–Crippen LogP) is 11.3. The van der Waals surface area contributed by atoms with Crippen LogP contribution in [0.1, 0.15) is 0 Å². The van der Waals surface area contributed by atoms with Gasteiger partial charge in [-0.1, -0.05) is 135 Å². The molecule has 41 heavy (non-hydrogen) atoms. The van der Waals surface area contributed by atoms with Gasteiger partial charge in [-0.05, 0) is 73.8 Å². The Hall–Kier alpha value is -5.40. The van der Waals surface area contributed by atoms with Crippen LogP contribution in [0.5, 0.6) is 0 Å². The highest BCUT2D eigenvalue weighted by molar-refractivity contribution is 6.25. The lowest BCUT2D eigenvalue weighted by molar-refractivity contribution is 1.18. The van der Waals surface area contributed by atoms with Crippen LogP contribution in [0.25, 0.3) is 70.9 Å². The summed E-state index contributed by atoms with van der Waals surface area (Å²) in [4.78, 5) is 0. The molecule has 8 rings (SSSR count). The number of nitrogens with zero attached hydrogens (tertiary/aromatic N) is 1. The third kappa shape index (κ3) is 4.11. The molecule has 0 atom stereocenters. The van der Waals surface area contributed by atoms with E-state index in [4.69, 9.17) is 0 Å². The molecule has 0 saturated heterocycles. The number of hydrogen-bond acceptors (Lipinski definition) is 0. The van der Waals surface area contributed by atoms with E-state index < -0.39 is 0 Å². The highest BCUT2D eigenvalue weighted by Crippen LogP contribution is 2.37. The Morgan fingerprint density at radius 2 is 0.756 bits per heavy atom. The maximum absolute atomic E-state index is 3.36. The van der Waals surface area contributed by atoms with Crippen LogP contribution in [0.4, 0.5) is 0 Å². The van der Waals surface area contributed by atoms with Crippen LogP contribution in [0.2, 0.25) is 0 Å². The molecule has 0 N–H and O–H groups in total. The Balaban J connectivity index is 0.000000651. The average Bonchev–Trinajstić information content (AvgIpc) is 3.39. The van der Waals surface area contributed by atoms with Crippen molar-refractivity contribution in [1.82, 2.24) is 4.57 Å². The second kappa shape index (κ2) is 10.3. The van der Waals surface area contributed by atoms with Crippen molar-refractivity contribution >= 4 is 54.1 Å². The van der Waals surface area contributed by atoms with Crippen molar-refractivity contribution in [3.63, 3.8) is 0 Å². The third-order valence-electron chi connectivity index (χ3n) is 7.95. The number of aromatic nitrogens is 1. The molecular formula is C40H29N. The highest BCUT2D eigenvalue weighted by atomic mass is 15.0. The third-order valence-corrected chi connectivity index (χ3v) is 7.95. The molecule has 0 aliphatic heterocycles. The molecule has 0 aliphatic carbocycles. The molecule has 1 nitrogen and oxygen atoms in total. The zero-order chi connectivity index (χ0) is 27.8. The van der Waals surface area contributed by atoms with Crippen molar-refractivity contribution in [2.45, 2.75) is 0 Å². The fraction of sp³-hybridized carbons (Fsp3) is 0. The Morgan fingerprint density at radius 3 is 1.24 bits per heavy atom. The van der Waals surface area contributed by atoms with E-state index in [2.05, 4.69) is 157 Å². The molecule has 0 fully saturated rings. The molecule has 194 valence electrons. The average molecular weight is 524 g/mol. The predicted molar refractivity (Wildman–Crippen MR) is 179 cm³/mol. The molecule has 1 heterocycles. The summed E-state index contributed by atoms with van der Waals surface area (Å²) < 4.78 is 2.37. The summed E-state index contributed by atoms with van der Waals surface area (Å²) in [6, 6.07) is 50.8. The summed E-state index contributed by atoms with van der Waals surface area (Å²) >= 11 is 0. The number of rotatable bonds is 3. The van der Waals surface area contributed by atoms with Gasteiger partial charge in [0.15, 0.2) is 0 Å². The minimum Gasteiger partial charge on any atom is -0.309 e. The van der Waals surface area contributed by atoms with E-state index in [9.17, 15) is 0 Å². The largest absolute Gasteiger partial charge is 0.309 e. The van der Waals surface area contributed by atoms with Gasteiger partial charge in [-0.2, -0.15) is 0 Å². The molecule has 0 amide bonds. The molecule has 0 saturated carbocycles. The zero-order valence-corrected chi connectivity index (χ0v) is 22.8. The summed E-state index contributed by atoms with van der Waals surface area (Å²) in [6.07, 6.45) is 3.28. The van der Waals surface area contributed by atoms with E-state index in [1.165, 1.54) is 70.9 Å². The molecule has 0 spiro atoms. The SMILES string of the molecule is C=CC=C.c1ccc2c(c1)c1ccccc1c1cc(-c3ccc(-n4c5ccccc5c5ccccc54)cc3)ccc21. The first-order valence-electron chi connectivity index (χ1n) is 13.9. The number of benzene rings is 7. The zero-order valence-electron chi connectivity index (χ0n) is 22.8. The fourth-order valence-corrected chi connectivity index (χ4v) is 6.09. The molecule has 0 aliphatic rings. The Morgan fingerprint density at radius 1 is 0.366 bits per heavy atom. The molecule has 1 aromatic heterocycles. The fourth-order valence-electron chi connectivity index (χ4n) is 6.09. The first kappa shape index (κ1) is 24.6. The van der Waals surface area contributed by atoms with Gasteiger partial charge in [-0.25, -0.2) is 0 Å². The van der Waals surface area contributed by atoms with Crippen molar-refractivity contribution in [3.8, 4) is 16.8 Å². The smallest absolute Gasteiger partial charge is 0.0541 e. The Kier molecular flexibility index (Phi) is 6.18. The van der Waals surface area contributed by atoms with Gasteiger partial charge >= 0.3 is 0 Å². The topological polar surface area (TPSA) is 4.93 Å². The van der Waals surface area contributed by atoms with Crippen molar-refractivity contribution in [1.29, 1.82) is 0 Å². The quantitative estimate of drug-likeness (QED) is 0.160. The lowest BCUT2D eigenvalue weighted by Gasteiger charge is -2.13. The molecule has 7 aromatic carbocycles. The van der Waals surface area contributed by atoms with Crippen molar-refractivity contribution in [2.75, 3.05) is 0 Å². The van der Waals surface area contributed by atoms with Crippen LogP contribution in [0.15, 0.2) is 165 Å². The minimum absolute atomic E-state index is 1.18. The lowest BCUT2D eigenvalue weighted by atomic mass is 9.92. The summed E-state index contributed by atoms with van der Waals surface area (Å²) in [5.41, 5.74) is 6.12. The van der Waals surface area contributed by atoms with Crippen LogP contribution in [0, 0.1) is 0 Å². The summed E-state index contributed by atoms with van der Waals surface area (Å²) in [5, 5.41) is 10.4. The van der Waals surface area contributed by atoms with E-state index in [0.717, 1.165) is 0 Å². The van der Waals surface area contributed by atoms with Crippen LogP contribution in [0.3, 0.4) is 0 Å². The monoisotopic (exact) mass is 523 g/mol. The van der Waals surface area contributed by atoms with Gasteiger partial charge in [0.2, 0.25) is 0 Å². The van der Waals surface area contributed by atoms with Crippen LogP contribution >= 0.6 is 0 Å². The molecule has 0 unspecified atom stereocenters. The van der Waals surface area contributed by atoms with Crippen molar-refractivity contribution in [3.05, 3.63) is 165 Å². The first-order chi connectivity index (χ1) is 20.3. The van der Waals surface area contributed by atoms with E-state index >= 15 is 0 Å². The van der Waals surface area contributed by atoms with Crippen LogP contribution < -0.4 is 0 Å². The number of fused-ring (bicyclic) bond motifs is 9. The van der Waals surface area contributed by atoms with E-state index in [1.807, 2.05) is 0 Å². The molecule has 1 heteroatoms. The highest BCUT2D eigenvalue weighted by Gasteiger charge is 2.12. The van der Waals surface area contributed by atoms with Gasteiger partial charge in [-0.3, -0.25) is 0 Å². The summed E-state index contributed by atoms with van der Waals surface area (Å²) in [7, 11) is 0. The molecule has 0 bridgehead atoms. The van der Waals surface area contributed by atoms with Gasteiger partial charge < -0.3 is 4.57 Å². The molecule has 0 radical (unpaired) electrons. The second-order valence-corrected chi connectivity index (χ2v) is 10.2. The van der Waals surface area contributed by atoms with Gasteiger partial charge in [0.25, 0.3) is 0 Å². The number of allylic oxidation sites excluding steroid dienone is 2. The normalized spacial score (nSPS) is 11.1. The van der Waals surface area contributed by atoms with Gasteiger partial charge in [-0.15, -0.1) is 0 Å². The number of hydrogen-bond donors (Lipinski definition) is 0. The molecular weight excluding hydrogens is 494 g/mol. The van der Waals surface area contributed by atoms with Crippen molar-refractivity contribution < 1.29 is 0 Å². The second-order valence-electron chi connectivity index (χ2n) is 10.2. The Bertz CT molecular complexity index is 2130. The van der Waals surface area contributed by atoms with Gasteiger partial charge in [0, 0.05) is 16.5 Å². The number of para-hydroxylation sites is 2. The summed E-state index contributed by atoms with van der Waals surface area (Å²) in [6.45, 7) is 6.72. The van der Waals surface area contributed by atoms with Crippen LogP contribution in [-0.2, 0) is 0 Å². The van der Waals surface area contributed by atoms with E-state index in [-0.39, 0.29) is 0 Å². The van der Waals surface area contributed by atoms with Gasteiger partial charge in [0.1, 0.15) is 0 Å². The first-order valence-corrected chi connectivity index (χ1v) is 13.9. The van der Waals surface area contributed by atoms with E-state index in [0.29, 0.717) is 0 Å². The van der Waals surface area contributed by atoms with E-state index in [1.54, 1.807) is 12.2 Å². The maximum atomic E-state index is 3.36. The van der Waals surface area contributed by atoms with Crippen molar-refractivity contribution in [2.24, 2.45) is 0 Å². The van der Waals surface area contributed by atoms with Crippen LogP contribution in [-0.4, -0.2) is 4.57 Å². The standard InChI is InChI=1S/C36H23N.C4H6/c1-2-11-29-27(9-1)28-10-3-4-12-30(28)34-23-25(19-22-31(29)34)24-17-20-26(21-18-24)37-35-15-7-5-13-32(35)33-14-6-8-16-36(33)37;1-3-4-2/h1-23H;3-4H,1-2H2. The molecule has 8 aromatic rings. The lowest BCUT2D eigenvalue weighted by Crippen LogP contribution is -1.93.